The van der Waals surface area contributed by atoms with Gasteiger partial charge in [0.15, 0.2) is 0 Å². The van der Waals surface area contributed by atoms with E-state index in [0.717, 1.165) is 27.3 Å². The van der Waals surface area contributed by atoms with Crippen molar-refractivity contribution in [2.24, 2.45) is 0 Å². The van der Waals surface area contributed by atoms with Crippen molar-refractivity contribution in [2.45, 2.75) is 23.6 Å². The Balaban J connectivity index is 1.49. The molecular weight excluding hydrogens is 466 g/mol. The van der Waals surface area contributed by atoms with Gasteiger partial charge in [-0.2, -0.15) is 0 Å². The molecule has 1 aromatic heterocycles. The highest BCUT2D eigenvalue weighted by Gasteiger charge is 2.18. The van der Waals surface area contributed by atoms with Crippen LogP contribution in [0.15, 0.2) is 63.1 Å². The predicted octanol–water partition coefficient (Wildman–Crippen LogP) is 2.29. The van der Waals surface area contributed by atoms with Gasteiger partial charge in [0, 0.05) is 25.3 Å². The van der Waals surface area contributed by atoms with Crippen LogP contribution >= 0.6 is 11.8 Å². The van der Waals surface area contributed by atoms with Crippen LogP contribution < -0.4 is 10.6 Å². The number of sulfonamides is 1. The van der Waals surface area contributed by atoms with Crippen molar-refractivity contribution in [1.82, 2.24) is 19.8 Å². The van der Waals surface area contributed by atoms with Gasteiger partial charge in [0.2, 0.25) is 21.8 Å². The van der Waals surface area contributed by atoms with E-state index in [2.05, 4.69) is 20.8 Å². The fraction of sp³-hybridized carbons (Fsp3) is 0.238. The molecule has 0 saturated heterocycles. The molecule has 0 unspecified atom stereocenters. The summed E-state index contributed by atoms with van der Waals surface area (Å²) in [7, 11) is -0.698. The van der Waals surface area contributed by atoms with E-state index in [1.165, 1.54) is 38.4 Å². The fourth-order valence-electron chi connectivity index (χ4n) is 2.64. The molecule has 0 aliphatic rings. The van der Waals surface area contributed by atoms with Crippen LogP contribution in [0.3, 0.4) is 0 Å². The SMILES string of the molecule is Cc1ccccc1NC(=O)CSc1nnc(CNC(=O)c2ccc(S(=O)(=O)N(C)C)cc2)o1. The first-order chi connectivity index (χ1) is 15.7. The average molecular weight is 490 g/mol. The average Bonchev–Trinajstić information content (AvgIpc) is 3.25. The first kappa shape index (κ1) is 24.4. The summed E-state index contributed by atoms with van der Waals surface area (Å²) < 4.78 is 30.7. The Labute approximate surface area is 195 Å². The monoisotopic (exact) mass is 489 g/mol. The molecule has 3 aromatic rings. The summed E-state index contributed by atoms with van der Waals surface area (Å²) in [5.74, 6) is -0.363. The van der Waals surface area contributed by atoms with Gasteiger partial charge in [0.25, 0.3) is 11.1 Å². The molecule has 2 N–H and O–H groups in total. The van der Waals surface area contributed by atoms with E-state index in [4.69, 9.17) is 4.42 Å². The second kappa shape index (κ2) is 10.6. The van der Waals surface area contributed by atoms with Crippen LogP contribution in [0.25, 0.3) is 0 Å². The highest BCUT2D eigenvalue weighted by molar-refractivity contribution is 7.99. The first-order valence-electron chi connectivity index (χ1n) is 9.78. The van der Waals surface area contributed by atoms with Crippen molar-refractivity contribution in [3.05, 3.63) is 65.5 Å². The molecule has 0 aliphatic carbocycles. The number of para-hydroxylation sites is 1. The van der Waals surface area contributed by atoms with Crippen molar-refractivity contribution in [3.8, 4) is 0 Å². The Morgan fingerprint density at radius 3 is 2.42 bits per heavy atom. The maximum absolute atomic E-state index is 12.3. The van der Waals surface area contributed by atoms with E-state index in [-0.39, 0.29) is 39.8 Å². The number of benzene rings is 2. The van der Waals surface area contributed by atoms with Crippen LogP contribution in [-0.4, -0.2) is 54.6 Å². The van der Waals surface area contributed by atoms with Crippen LogP contribution in [0.1, 0.15) is 21.8 Å². The highest BCUT2D eigenvalue weighted by Crippen LogP contribution is 2.18. The van der Waals surface area contributed by atoms with Crippen LogP contribution in [0.2, 0.25) is 0 Å². The fourth-order valence-corrected chi connectivity index (χ4v) is 4.12. The topological polar surface area (TPSA) is 134 Å². The number of hydrogen-bond acceptors (Lipinski definition) is 8. The molecule has 33 heavy (non-hydrogen) atoms. The minimum atomic E-state index is -3.57. The lowest BCUT2D eigenvalue weighted by molar-refractivity contribution is -0.113. The summed E-state index contributed by atoms with van der Waals surface area (Å²) in [4.78, 5) is 24.5. The summed E-state index contributed by atoms with van der Waals surface area (Å²) in [5.41, 5.74) is 1.99. The van der Waals surface area contributed by atoms with Crippen LogP contribution in [0, 0.1) is 6.92 Å². The van der Waals surface area contributed by atoms with Gasteiger partial charge < -0.3 is 15.1 Å². The number of rotatable bonds is 9. The van der Waals surface area contributed by atoms with Crippen LogP contribution in [0.4, 0.5) is 5.69 Å². The minimum Gasteiger partial charge on any atom is -0.414 e. The van der Waals surface area contributed by atoms with Crippen molar-refractivity contribution < 1.29 is 22.4 Å². The zero-order chi connectivity index (χ0) is 24.0. The third kappa shape index (κ3) is 6.40. The number of nitrogens with one attached hydrogen (secondary N) is 2. The zero-order valence-electron chi connectivity index (χ0n) is 18.2. The Hall–Kier alpha value is -3.22. The van der Waals surface area contributed by atoms with Gasteiger partial charge in [-0.25, -0.2) is 12.7 Å². The summed E-state index contributed by atoms with van der Waals surface area (Å²) in [6.07, 6.45) is 0. The maximum atomic E-state index is 12.3. The van der Waals surface area contributed by atoms with Gasteiger partial charge in [-0.05, 0) is 42.8 Å². The van der Waals surface area contributed by atoms with Crippen molar-refractivity contribution in [1.29, 1.82) is 0 Å². The molecule has 2 aromatic carbocycles. The number of thioether (sulfide) groups is 1. The minimum absolute atomic E-state index is 0.0143. The number of anilines is 1. The highest BCUT2D eigenvalue weighted by atomic mass is 32.2. The smallest absolute Gasteiger partial charge is 0.277 e. The standard InChI is InChI=1S/C21H23N5O5S2/c1-14-6-4-5-7-17(14)23-18(27)13-32-21-25-24-19(31-21)12-22-20(28)15-8-10-16(11-9-15)33(29,30)26(2)3/h4-11H,12-13H2,1-3H3,(H,22,28)(H,23,27). The molecule has 0 radical (unpaired) electrons. The second-order valence-corrected chi connectivity index (χ2v) is 10.2. The Kier molecular flexibility index (Phi) is 7.84. The zero-order valence-corrected chi connectivity index (χ0v) is 19.9. The number of carbonyl (C=O) groups is 2. The summed E-state index contributed by atoms with van der Waals surface area (Å²) in [6.45, 7) is 1.89. The van der Waals surface area contributed by atoms with Gasteiger partial charge in [0.1, 0.15) is 0 Å². The maximum Gasteiger partial charge on any atom is 0.277 e. The van der Waals surface area contributed by atoms with E-state index in [9.17, 15) is 18.0 Å². The number of aromatic nitrogens is 2. The number of carbonyl (C=O) groups excluding carboxylic acids is 2. The Bertz CT molecular complexity index is 1240. The van der Waals surface area contributed by atoms with Crippen LogP contribution in [-0.2, 0) is 21.4 Å². The molecule has 2 amide bonds. The normalized spacial score (nSPS) is 11.4. The van der Waals surface area contributed by atoms with Gasteiger partial charge in [-0.1, -0.05) is 30.0 Å². The summed E-state index contributed by atoms with van der Waals surface area (Å²) in [6, 6.07) is 13.0. The summed E-state index contributed by atoms with van der Waals surface area (Å²) in [5, 5.41) is 13.4. The van der Waals surface area contributed by atoms with E-state index in [1.54, 1.807) is 0 Å². The molecule has 3 rings (SSSR count). The number of amides is 2. The summed E-state index contributed by atoms with van der Waals surface area (Å²) >= 11 is 1.09. The van der Waals surface area contributed by atoms with Gasteiger partial charge >= 0.3 is 0 Å². The van der Waals surface area contributed by atoms with E-state index in [1.807, 2.05) is 31.2 Å². The van der Waals surface area contributed by atoms with E-state index in [0.29, 0.717) is 0 Å². The quantitative estimate of drug-likeness (QED) is 0.437. The van der Waals surface area contributed by atoms with Crippen molar-refractivity contribution in [2.75, 3.05) is 25.2 Å². The molecule has 0 aliphatic heterocycles. The molecule has 0 atom stereocenters. The third-order valence-electron chi connectivity index (χ3n) is 4.49. The molecule has 1 heterocycles. The molecule has 0 spiro atoms. The van der Waals surface area contributed by atoms with Crippen molar-refractivity contribution >= 4 is 39.3 Å². The van der Waals surface area contributed by atoms with Gasteiger partial charge in [-0.3, -0.25) is 9.59 Å². The second-order valence-electron chi connectivity index (χ2n) is 7.11. The lowest BCUT2D eigenvalue weighted by Crippen LogP contribution is -2.24. The van der Waals surface area contributed by atoms with Crippen molar-refractivity contribution in [3.63, 3.8) is 0 Å². The number of aryl methyl sites for hydroxylation is 1. The van der Waals surface area contributed by atoms with E-state index >= 15 is 0 Å². The molecular formula is C21H23N5O5S2. The molecule has 174 valence electrons. The largest absolute Gasteiger partial charge is 0.414 e. The first-order valence-corrected chi connectivity index (χ1v) is 12.2. The molecule has 12 heteroatoms. The molecule has 10 nitrogen and oxygen atoms in total. The van der Waals surface area contributed by atoms with Crippen LogP contribution in [0.5, 0.6) is 0 Å². The van der Waals surface area contributed by atoms with E-state index < -0.39 is 15.9 Å². The van der Waals surface area contributed by atoms with Gasteiger partial charge in [-0.15, -0.1) is 10.2 Å². The Morgan fingerprint density at radius 2 is 1.76 bits per heavy atom. The predicted molar refractivity (Wildman–Crippen MR) is 123 cm³/mol. The number of nitrogens with zero attached hydrogens (tertiary/aromatic N) is 3. The lowest BCUT2D eigenvalue weighted by Gasteiger charge is -2.11. The van der Waals surface area contributed by atoms with Gasteiger partial charge in [0.05, 0.1) is 17.2 Å². The Morgan fingerprint density at radius 1 is 1.06 bits per heavy atom. The number of hydrogen-bond donors (Lipinski definition) is 2. The molecule has 0 saturated carbocycles. The lowest BCUT2D eigenvalue weighted by atomic mass is 10.2. The molecule has 0 bridgehead atoms. The third-order valence-corrected chi connectivity index (χ3v) is 7.14. The molecule has 0 fully saturated rings.